The van der Waals surface area contributed by atoms with Crippen LogP contribution in [0.25, 0.3) is 17.1 Å². The summed E-state index contributed by atoms with van der Waals surface area (Å²) in [6.07, 6.45) is 0. The number of para-hydroxylation sites is 3. The molecule has 0 bridgehead atoms. The zero-order valence-electron chi connectivity index (χ0n) is 13.2. The SMILES string of the molecule is COc1ccccc1-c1nnc2n1-c1ccccc1NC[C@@H]2C. The van der Waals surface area contributed by atoms with Crippen molar-refractivity contribution in [1.82, 2.24) is 14.8 Å². The summed E-state index contributed by atoms with van der Waals surface area (Å²) < 4.78 is 7.65. The molecule has 1 aromatic heterocycles. The van der Waals surface area contributed by atoms with E-state index < -0.39 is 0 Å². The van der Waals surface area contributed by atoms with Gasteiger partial charge in [0.15, 0.2) is 5.82 Å². The predicted octanol–water partition coefficient (Wildman–Crippen LogP) is 3.47. The van der Waals surface area contributed by atoms with E-state index in [4.69, 9.17) is 4.74 Å². The van der Waals surface area contributed by atoms with Gasteiger partial charge in [-0.05, 0) is 24.3 Å². The first-order chi connectivity index (χ1) is 11.3. The molecule has 0 spiro atoms. The molecule has 0 saturated heterocycles. The zero-order valence-corrected chi connectivity index (χ0v) is 13.2. The van der Waals surface area contributed by atoms with Crippen molar-refractivity contribution in [2.24, 2.45) is 0 Å². The van der Waals surface area contributed by atoms with E-state index in [1.807, 2.05) is 36.4 Å². The number of fused-ring (bicyclic) bond motifs is 3. The van der Waals surface area contributed by atoms with Gasteiger partial charge in [0.25, 0.3) is 0 Å². The molecule has 1 N–H and O–H groups in total. The summed E-state index contributed by atoms with van der Waals surface area (Å²) in [6.45, 7) is 2.99. The van der Waals surface area contributed by atoms with Gasteiger partial charge in [0.1, 0.15) is 11.6 Å². The minimum atomic E-state index is 0.262. The number of anilines is 1. The summed E-state index contributed by atoms with van der Waals surface area (Å²) in [4.78, 5) is 0. The summed E-state index contributed by atoms with van der Waals surface area (Å²) in [6, 6.07) is 16.2. The van der Waals surface area contributed by atoms with Gasteiger partial charge in [0.2, 0.25) is 0 Å². The molecule has 0 radical (unpaired) electrons. The number of nitrogens with one attached hydrogen (secondary N) is 1. The first-order valence-corrected chi connectivity index (χ1v) is 7.71. The third-order valence-corrected chi connectivity index (χ3v) is 4.22. The summed E-state index contributed by atoms with van der Waals surface area (Å²) in [5, 5.41) is 12.4. The third kappa shape index (κ3) is 2.16. The Morgan fingerprint density at radius 2 is 1.87 bits per heavy atom. The van der Waals surface area contributed by atoms with Crippen molar-refractivity contribution in [1.29, 1.82) is 0 Å². The zero-order chi connectivity index (χ0) is 15.8. The van der Waals surface area contributed by atoms with E-state index in [0.717, 1.165) is 40.9 Å². The van der Waals surface area contributed by atoms with Gasteiger partial charge >= 0.3 is 0 Å². The van der Waals surface area contributed by atoms with Crippen molar-refractivity contribution in [2.75, 3.05) is 19.0 Å². The largest absolute Gasteiger partial charge is 0.496 e. The Bertz CT molecular complexity index is 856. The maximum absolute atomic E-state index is 5.51. The highest BCUT2D eigenvalue weighted by Gasteiger charge is 2.25. The van der Waals surface area contributed by atoms with Crippen LogP contribution < -0.4 is 10.1 Å². The summed E-state index contributed by atoms with van der Waals surface area (Å²) in [5.41, 5.74) is 3.10. The first kappa shape index (κ1) is 13.8. The average molecular weight is 306 g/mol. The number of rotatable bonds is 2. The number of benzene rings is 2. The molecule has 0 unspecified atom stereocenters. The monoisotopic (exact) mass is 306 g/mol. The Morgan fingerprint density at radius 1 is 1.09 bits per heavy atom. The van der Waals surface area contributed by atoms with Crippen LogP contribution in [0.15, 0.2) is 48.5 Å². The second-order valence-corrected chi connectivity index (χ2v) is 5.72. The minimum absolute atomic E-state index is 0.262. The number of aromatic nitrogens is 3. The number of hydrogen-bond donors (Lipinski definition) is 1. The predicted molar refractivity (Wildman–Crippen MR) is 90.3 cm³/mol. The van der Waals surface area contributed by atoms with E-state index in [-0.39, 0.29) is 5.92 Å². The molecule has 3 aromatic rings. The van der Waals surface area contributed by atoms with Crippen LogP contribution in [0.2, 0.25) is 0 Å². The Labute approximate surface area is 134 Å². The van der Waals surface area contributed by atoms with Crippen LogP contribution in [-0.4, -0.2) is 28.4 Å². The lowest BCUT2D eigenvalue weighted by molar-refractivity contribution is 0.416. The van der Waals surface area contributed by atoms with Crippen LogP contribution in [0.4, 0.5) is 5.69 Å². The highest BCUT2D eigenvalue weighted by molar-refractivity contribution is 5.71. The summed E-state index contributed by atoms with van der Waals surface area (Å²) in [7, 11) is 1.68. The van der Waals surface area contributed by atoms with Gasteiger partial charge < -0.3 is 10.1 Å². The van der Waals surface area contributed by atoms with E-state index in [1.165, 1.54) is 0 Å². The summed E-state index contributed by atoms with van der Waals surface area (Å²) in [5.74, 6) is 2.83. The van der Waals surface area contributed by atoms with Gasteiger partial charge in [-0.3, -0.25) is 4.57 Å². The molecule has 1 aliphatic heterocycles. The van der Waals surface area contributed by atoms with Gasteiger partial charge in [0.05, 0.1) is 24.0 Å². The first-order valence-electron chi connectivity index (χ1n) is 7.71. The molecule has 1 atom stereocenters. The number of nitrogens with zero attached hydrogens (tertiary/aromatic N) is 3. The average Bonchev–Trinajstić information content (AvgIpc) is 2.99. The fourth-order valence-corrected chi connectivity index (χ4v) is 3.03. The Balaban J connectivity index is 2.00. The Hall–Kier alpha value is -2.82. The van der Waals surface area contributed by atoms with Crippen molar-refractivity contribution in [2.45, 2.75) is 12.8 Å². The summed E-state index contributed by atoms with van der Waals surface area (Å²) >= 11 is 0. The van der Waals surface area contributed by atoms with Crippen molar-refractivity contribution in [3.63, 3.8) is 0 Å². The van der Waals surface area contributed by atoms with E-state index in [2.05, 4.69) is 39.1 Å². The standard InChI is InChI=1S/C18H18N4O/c1-12-11-19-14-8-4-5-9-15(14)22-17(12)20-21-18(22)13-7-3-6-10-16(13)23-2/h3-10,12,19H,11H2,1-2H3/t12-/m0/s1. The molecule has 2 aromatic carbocycles. The van der Waals surface area contributed by atoms with Gasteiger partial charge in [-0.25, -0.2) is 0 Å². The number of methoxy groups -OCH3 is 1. The molecule has 116 valence electrons. The van der Waals surface area contributed by atoms with E-state index in [9.17, 15) is 0 Å². The maximum atomic E-state index is 5.51. The van der Waals surface area contributed by atoms with Gasteiger partial charge in [-0.15, -0.1) is 10.2 Å². The van der Waals surface area contributed by atoms with Crippen LogP contribution in [-0.2, 0) is 0 Å². The van der Waals surface area contributed by atoms with Crippen molar-refractivity contribution >= 4 is 5.69 Å². The smallest absolute Gasteiger partial charge is 0.172 e. The topological polar surface area (TPSA) is 52.0 Å². The van der Waals surface area contributed by atoms with Gasteiger partial charge in [-0.2, -0.15) is 0 Å². The van der Waals surface area contributed by atoms with Crippen LogP contribution in [0.5, 0.6) is 5.75 Å². The molecular formula is C18H18N4O. The fourth-order valence-electron chi connectivity index (χ4n) is 3.03. The Kier molecular flexibility index (Phi) is 3.26. The van der Waals surface area contributed by atoms with E-state index in [1.54, 1.807) is 7.11 Å². The molecule has 5 nitrogen and oxygen atoms in total. The molecule has 0 fully saturated rings. The van der Waals surface area contributed by atoms with Gasteiger partial charge in [0, 0.05) is 12.5 Å². The van der Waals surface area contributed by atoms with E-state index in [0.29, 0.717) is 0 Å². The molecule has 23 heavy (non-hydrogen) atoms. The molecular weight excluding hydrogens is 288 g/mol. The minimum Gasteiger partial charge on any atom is -0.496 e. The number of hydrogen-bond acceptors (Lipinski definition) is 4. The van der Waals surface area contributed by atoms with Crippen molar-refractivity contribution in [3.8, 4) is 22.8 Å². The van der Waals surface area contributed by atoms with Gasteiger partial charge in [-0.1, -0.05) is 31.2 Å². The molecule has 5 heteroatoms. The maximum Gasteiger partial charge on any atom is 0.172 e. The second kappa shape index (κ2) is 5.43. The van der Waals surface area contributed by atoms with E-state index >= 15 is 0 Å². The molecule has 2 heterocycles. The van der Waals surface area contributed by atoms with Crippen LogP contribution in [0, 0.1) is 0 Å². The van der Waals surface area contributed by atoms with Crippen molar-refractivity contribution < 1.29 is 4.74 Å². The molecule has 4 rings (SSSR count). The lowest BCUT2D eigenvalue weighted by Crippen LogP contribution is -2.09. The normalized spacial score (nSPS) is 16.0. The molecule has 1 aliphatic rings. The highest BCUT2D eigenvalue weighted by Crippen LogP contribution is 2.36. The van der Waals surface area contributed by atoms with Crippen LogP contribution in [0.3, 0.4) is 0 Å². The third-order valence-electron chi connectivity index (χ3n) is 4.22. The Morgan fingerprint density at radius 3 is 2.74 bits per heavy atom. The lowest BCUT2D eigenvalue weighted by atomic mass is 10.1. The molecule has 0 saturated carbocycles. The number of ether oxygens (including phenoxy) is 1. The highest BCUT2D eigenvalue weighted by atomic mass is 16.5. The molecule has 0 amide bonds. The second-order valence-electron chi connectivity index (χ2n) is 5.72. The lowest BCUT2D eigenvalue weighted by Gasteiger charge is -2.13. The van der Waals surface area contributed by atoms with Crippen LogP contribution in [0.1, 0.15) is 18.7 Å². The fraction of sp³-hybridized carbons (Fsp3) is 0.222. The van der Waals surface area contributed by atoms with Crippen LogP contribution >= 0.6 is 0 Å². The quantitative estimate of drug-likeness (QED) is 0.787. The molecule has 0 aliphatic carbocycles. The van der Waals surface area contributed by atoms with Crippen molar-refractivity contribution in [3.05, 3.63) is 54.4 Å².